The molecule has 3 rings (SSSR count). The van der Waals surface area contributed by atoms with Crippen molar-refractivity contribution in [1.82, 2.24) is 10.1 Å². The summed E-state index contributed by atoms with van der Waals surface area (Å²) in [6, 6.07) is 0. The van der Waals surface area contributed by atoms with Crippen LogP contribution in [-0.4, -0.2) is 34.4 Å². The standard InChI is InChI=1S/C13H18N2O4/c16-13(17)10-2-1-9(7-10)12-14-11(15-19-12)8-3-5-18-6-4-8/h8-10H,1-7H2,(H,16,17). The first kappa shape index (κ1) is 12.6. The van der Waals surface area contributed by atoms with Crippen molar-refractivity contribution in [3.05, 3.63) is 11.7 Å². The molecule has 0 radical (unpaired) electrons. The van der Waals surface area contributed by atoms with Gasteiger partial charge in [-0.15, -0.1) is 0 Å². The topological polar surface area (TPSA) is 85.5 Å². The van der Waals surface area contributed by atoms with Crippen LogP contribution in [0.5, 0.6) is 0 Å². The zero-order valence-electron chi connectivity index (χ0n) is 10.7. The average Bonchev–Trinajstić information content (AvgIpc) is 3.09. The predicted molar refractivity (Wildman–Crippen MR) is 64.8 cm³/mol. The summed E-state index contributed by atoms with van der Waals surface area (Å²) >= 11 is 0. The molecule has 1 aromatic heterocycles. The van der Waals surface area contributed by atoms with E-state index in [-0.39, 0.29) is 11.8 Å². The van der Waals surface area contributed by atoms with Crippen LogP contribution in [0.25, 0.3) is 0 Å². The molecule has 1 aliphatic carbocycles. The lowest BCUT2D eigenvalue weighted by molar-refractivity contribution is -0.141. The maximum atomic E-state index is 11.0. The summed E-state index contributed by atoms with van der Waals surface area (Å²) in [6.45, 7) is 1.50. The number of aromatic nitrogens is 2. The molecule has 2 atom stereocenters. The highest BCUT2D eigenvalue weighted by Gasteiger charge is 2.34. The van der Waals surface area contributed by atoms with Gasteiger partial charge in [0.05, 0.1) is 5.92 Å². The molecule has 2 aliphatic rings. The van der Waals surface area contributed by atoms with Crippen molar-refractivity contribution in [2.45, 2.75) is 43.9 Å². The molecule has 0 bridgehead atoms. The molecule has 0 amide bonds. The monoisotopic (exact) mass is 266 g/mol. The van der Waals surface area contributed by atoms with Gasteiger partial charge in [0.25, 0.3) is 0 Å². The molecular weight excluding hydrogens is 248 g/mol. The van der Waals surface area contributed by atoms with Crippen LogP contribution >= 0.6 is 0 Å². The van der Waals surface area contributed by atoms with Crippen LogP contribution in [0.1, 0.15) is 55.7 Å². The van der Waals surface area contributed by atoms with E-state index < -0.39 is 5.97 Å². The summed E-state index contributed by atoms with van der Waals surface area (Å²) < 4.78 is 10.7. The summed E-state index contributed by atoms with van der Waals surface area (Å²) in [4.78, 5) is 15.4. The van der Waals surface area contributed by atoms with Crippen LogP contribution in [0.2, 0.25) is 0 Å². The number of nitrogens with zero attached hydrogens (tertiary/aromatic N) is 2. The lowest BCUT2D eigenvalue weighted by Crippen LogP contribution is -2.15. The highest BCUT2D eigenvalue weighted by molar-refractivity contribution is 5.70. The average molecular weight is 266 g/mol. The van der Waals surface area contributed by atoms with Gasteiger partial charge in [0, 0.05) is 25.0 Å². The Morgan fingerprint density at radius 2 is 1.95 bits per heavy atom. The second-order valence-corrected chi connectivity index (χ2v) is 5.42. The third kappa shape index (κ3) is 2.63. The number of hydrogen-bond donors (Lipinski definition) is 1. The maximum absolute atomic E-state index is 11.0. The fourth-order valence-electron chi connectivity index (χ4n) is 2.96. The first-order chi connectivity index (χ1) is 9.24. The van der Waals surface area contributed by atoms with E-state index >= 15 is 0 Å². The molecule has 6 heteroatoms. The highest BCUT2D eigenvalue weighted by atomic mass is 16.5. The second-order valence-electron chi connectivity index (χ2n) is 5.42. The minimum Gasteiger partial charge on any atom is -0.481 e. The molecule has 0 aromatic carbocycles. The van der Waals surface area contributed by atoms with Crippen LogP contribution in [0.4, 0.5) is 0 Å². The third-order valence-corrected chi connectivity index (χ3v) is 4.18. The Morgan fingerprint density at radius 3 is 2.63 bits per heavy atom. The van der Waals surface area contributed by atoms with Crippen LogP contribution in [-0.2, 0) is 9.53 Å². The number of aliphatic carboxylic acids is 1. The highest BCUT2D eigenvalue weighted by Crippen LogP contribution is 2.38. The molecule has 2 fully saturated rings. The molecule has 0 spiro atoms. The zero-order valence-corrected chi connectivity index (χ0v) is 10.7. The molecule has 1 saturated carbocycles. The van der Waals surface area contributed by atoms with Crippen molar-refractivity contribution in [2.24, 2.45) is 5.92 Å². The molecule has 104 valence electrons. The van der Waals surface area contributed by atoms with Gasteiger partial charge in [0.15, 0.2) is 5.82 Å². The summed E-state index contributed by atoms with van der Waals surface area (Å²) in [5.41, 5.74) is 0. The number of ether oxygens (including phenoxy) is 1. The van der Waals surface area contributed by atoms with E-state index in [1.807, 2.05) is 0 Å². The Balaban J connectivity index is 1.66. The summed E-state index contributed by atoms with van der Waals surface area (Å²) in [7, 11) is 0. The number of carboxylic acids is 1. The first-order valence-corrected chi connectivity index (χ1v) is 6.88. The minimum atomic E-state index is -0.716. The van der Waals surface area contributed by atoms with E-state index in [0.717, 1.165) is 38.3 Å². The van der Waals surface area contributed by atoms with Gasteiger partial charge in [-0.3, -0.25) is 4.79 Å². The number of rotatable bonds is 3. The van der Waals surface area contributed by atoms with Gasteiger partial charge < -0.3 is 14.4 Å². The minimum absolute atomic E-state index is 0.113. The van der Waals surface area contributed by atoms with E-state index in [1.165, 1.54) is 0 Å². The zero-order chi connectivity index (χ0) is 13.2. The molecule has 1 aliphatic heterocycles. The van der Waals surface area contributed by atoms with Gasteiger partial charge in [0.2, 0.25) is 5.89 Å². The first-order valence-electron chi connectivity index (χ1n) is 6.88. The quantitative estimate of drug-likeness (QED) is 0.899. The van der Waals surface area contributed by atoms with Gasteiger partial charge in [-0.1, -0.05) is 5.16 Å². The van der Waals surface area contributed by atoms with E-state index in [9.17, 15) is 4.79 Å². The molecule has 6 nitrogen and oxygen atoms in total. The van der Waals surface area contributed by atoms with Crippen LogP contribution < -0.4 is 0 Å². The Kier molecular flexibility index (Phi) is 3.50. The van der Waals surface area contributed by atoms with Crippen LogP contribution in [0.3, 0.4) is 0 Å². The van der Waals surface area contributed by atoms with Gasteiger partial charge in [-0.25, -0.2) is 0 Å². The van der Waals surface area contributed by atoms with Crippen molar-refractivity contribution in [3.63, 3.8) is 0 Å². The van der Waals surface area contributed by atoms with E-state index in [2.05, 4.69) is 10.1 Å². The third-order valence-electron chi connectivity index (χ3n) is 4.18. The second kappa shape index (κ2) is 5.28. The lowest BCUT2D eigenvalue weighted by Gasteiger charge is -2.18. The number of carbonyl (C=O) groups is 1. The molecule has 19 heavy (non-hydrogen) atoms. The Bertz CT molecular complexity index is 453. The Hall–Kier alpha value is -1.43. The number of hydrogen-bond acceptors (Lipinski definition) is 5. The normalized spacial score (nSPS) is 28.6. The van der Waals surface area contributed by atoms with Crippen LogP contribution in [0, 0.1) is 5.92 Å². The van der Waals surface area contributed by atoms with E-state index in [4.69, 9.17) is 14.4 Å². The van der Waals surface area contributed by atoms with Gasteiger partial charge in [-0.2, -0.15) is 4.98 Å². The molecule has 1 N–H and O–H groups in total. The Labute approximate surface area is 111 Å². The number of carboxylic acid groups (broad SMARTS) is 1. The lowest BCUT2D eigenvalue weighted by atomic mass is 9.99. The summed E-state index contributed by atoms with van der Waals surface area (Å²) in [5.74, 6) is 0.836. The molecule has 1 saturated heterocycles. The van der Waals surface area contributed by atoms with Crippen molar-refractivity contribution >= 4 is 5.97 Å². The fraction of sp³-hybridized carbons (Fsp3) is 0.769. The predicted octanol–water partition coefficient (Wildman–Crippen LogP) is 1.93. The molecule has 2 heterocycles. The molecular formula is C13H18N2O4. The summed E-state index contributed by atoms with van der Waals surface area (Å²) in [5, 5.41) is 13.1. The summed E-state index contributed by atoms with van der Waals surface area (Å²) in [6.07, 6.45) is 4.01. The fourth-order valence-corrected chi connectivity index (χ4v) is 2.96. The van der Waals surface area contributed by atoms with Gasteiger partial charge in [-0.05, 0) is 32.1 Å². The van der Waals surface area contributed by atoms with Gasteiger partial charge >= 0.3 is 5.97 Å². The SMILES string of the molecule is O=C(O)C1CCC(c2nc(C3CCOCC3)no2)C1. The molecule has 1 aromatic rings. The van der Waals surface area contributed by atoms with E-state index in [0.29, 0.717) is 24.7 Å². The smallest absolute Gasteiger partial charge is 0.306 e. The van der Waals surface area contributed by atoms with Crippen molar-refractivity contribution in [2.75, 3.05) is 13.2 Å². The van der Waals surface area contributed by atoms with Crippen LogP contribution in [0.15, 0.2) is 4.52 Å². The van der Waals surface area contributed by atoms with Crippen molar-refractivity contribution in [3.8, 4) is 0 Å². The largest absolute Gasteiger partial charge is 0.481 e. The van der Waals surface area contributed by atoms with Crippen molar-refractivity contribution < 1.29 is 19.2 Å². The Morgan fingerprint density at radius 1 is 1.16 bits per heavy atom. The van der Waals surface area contributed by atoms with E-state index in [1.54, 1.807) is 0 Å². The maximum Gasteiger partial charge on any atom is 0.306 e. The molecule has 2 unspecified atom stereocenters. The van der Waals surface area contributed by atoms with Crippen molar-refractivity contribution in [1.29, 1.82) is 0 Å². The van der Waals surface area contributed by atoms with Gasteiger partial charge in [0.1, 0.15) is 0 Å².